The molecule has 0 amide bonds. The Morgan fingerprint density at radius 3 is 1.63 bits per heavy atom. The van der Waals surface area contributed by atoms with Crippen molar-refractivity contribution in [1.29, 1.82) is 0 Å². The Bertz CT molecular complexity index is 3000. The van der Waals surface area contributed by atoms with Crippen molar-refractivity contribution in [2.75, 3.05) is 0 Å². The molecule has 0 unspecified atom stereocenters. The van der Waals surface area contributed by atoms with Crippen LogP contribution in [-0.2, 0) is 32.9 Å². The number of pyridine rings is 3. The first kappa shape index (κ1) is 50.6. The summed E-state index contributed by atoms with van der Waals surface area (Å²) in [6.07, 6.45) is 8.12. The first-order chi connectivity index (χ1) is 31.4. The third-order valence-electron chi connectivity index (χ3n) is 11.6. The van der Waals surface area contributed by atoms with Crippen LogP contribution in [0.15, 0.2) is 181 Å². The molecule has 345 valence electrons. The third-order valence-corrected chi connectivity index (χ3v) is 13.6. The molecular weight excluding hydrogens is 1010 g/mol. The van der Waals surface area contributed by atoms with Crippen LogP contribution in [0.25, 0.3) is 66.8 Å². The molecule has 1 radical (unpaired) electrons. The van der Waals surface area contributed by atoms with Crippen LogP contribution < -0.4 is 5.19 Å². The van der Waals surface area contributed by atoms with Gasteiger partial charge in [0.05, 0.1) is 25.2 Å². The van der Waals surface area contributed by atoms with Crippen molar-refractivity contribution in [3.8, 4) is 44.9 Å². The average molecular weight is 1080 g/mol. The number of aromatic nitrogens is 3. The first-order valence-corrected chi connectivity index (χ1v) is 26.9. The predicted octanol–water partition coefficient (Wildman–Crippen LogP) is 16.7. The zero-order chi connectivity index (χ0) is 47.1. The van der Waals surface area contributed by atoms with Crippen LogP contribution in [0.3, 0.4) is 0 Å². The Morgan fingerprint density at radius 1 is 0.522 bits per heavy atom. The molecule has 9 aromatic rings. The Kier molecular flexibility index (Phi) is 16.5. The minimum Gasteiger partial charge on any atom is -0.455 e. The second-order valence-corrected chi connectivity index (χ2v) is 26.2. The van der Waals surface area contributed by atoms with Crippen LogP contribution in [0.5, 0.6) is 0 Å². The normalized spacial score (nSPS) is 11.6. The number of para-hydroxylation sites is 1. The van der Waals surface area contributed by atoms with Gasteiger partial charge in [-0.05, 0) is 105 Å². The van der Waals surface area contributed by atoms with E-state index in [0.29, 0.717) is 16.7 Å². The summed E-state index contributed by atoms with van der Waals surface area (Å²) in [5.74, 6) is 0.455. The molecule has 0 atom stereocenters. The smallest absolute Gasteiger partial charge is 0.145 e. The van der Waals surface area contributed by atoms with Gasteiger partial charge in [-0.25, -0.2) is 0 Å². The number of nitrogens with zero attached hydrogens (tertiary/aromatic N) is 3. The third kappa shape index (κ3) is 13.4. The number of hydrogen-bond acceptors (Lipinski definition) is 4. The molecule has 0 aliphatic rings. The Morgan fingerprint density at radius 2 is 1.04 bits per heavy atom. The van der Waals surface area contributed by atoms with Gasteiger partial charge in [-0.2, -0.15) is 0 Å². The van der Waals surface area contributed by atoms with E-state index in [0.717, 1.165) is 57.4 Å². The van der Waals surface area contributed by atoms with E-state index in [1.807, 2.05) is 48.8 Å². The summed E-state index contributed by atoms with van der Waals surface area (Å²) < 4.78 is 6.36. The fourth-order valence-electron chi connectivity index (χ4n) is 8.46. The number of benzene rings is 5. The van der Waals surface area contributed by atoms with Gasteiger partial charge in [0.2, 0.25) is 0 Å². The maximum atomic E-state index is 6.36. The summed E-state index contributed by atoms with van der Waals surface area (Å²) >= 11 is 0. The summed E-state index contributed by atoms with van der Waals surface area (Å²) in [6, 6.07) is 54.8. The van der Waals surface area contributed by atoms with Crippen LogP contribution in [-0.4, -0.2) is 23.0 Å². The van der Waals surface area contributed by atoms with Crippen LogP contribution in [0.4, 0.5) is 0 Å². The quantitative estimate of drug-likeness (QED) is 0.142. The minimum absolute atomic E-state index is 0. The summed E-state index contributed by atoms with van der Waals surface area (Å²) in [4.78, 5) is 13.8. The average Bonchev–Trinajstić information content (AvgIpc) is 3.69. The van der Waals surface area contributed by atoms with E-state index in [1.54, 1.807) is 0 Å². The SMILES string of the molecule is CC(C)(C)Cc1cc(-c2ccccc2)ncc1[Si](C)(C)C.CC(C)(C)Cc1ccnc(-c2ccccc2)c1.CC(C)c1ccnc(-c2ccc(-c3ccccc3)c3c2oc2ccccc23)c1.[Ir]. The zero-order valence-electron chi connectivity index (χ0n) is 41.3. The predicted molar refractivity (Wildman–Crippen MR) is 285 cm³/mol. The largest absolute Gasteiger partial charge is 0.455 e. The monoisotopic (exact) mass is 1080 g/mol. The maximum absolute atomic E-state index is 6.36. The first-order valence-electron chi connectivity index (χ1n) is 23.4. The molecule has 67 heavy (non-hydrogen) atoms. The van der Waals surface area contributed by atoms with Gasteiger partial charge in [-0.3, -0.25) is 15.0 Å². The van der Waals surface area contributed by atoms with Gasteiger partial charge in [-0.1, -0.05) is 190 Å². The summed E-state index contributed by atoms with van der Waals surface area (Å²) in [6.45, 7) is 25.3. The van der Waals surface area contributed by atoms with Crippen molar-refractivity contribution < 1.29 is 24.5 Å². The Balaban J connectivity index is 0.000000171. The summed E-state index contributed by atoms with van der Waals surface area (Å²) in [7, 11) is -1.36. The second-order valence-electron chi connectivity index (χ2n) is 21.2. The molecule has 0 N–H and O–H groups in total. The van der Waals surface area contributed by atoms with Gasteiger partial charge in [0.25, 0.3) is 0 Å². The standard InChI is InChI=1S/C26H21NO.C19H27NSi.C16H19N.Ir/c1-17(2)19-14-15-27-23(16-19)21-13-12-20(18-8-4-3-5-9-18)25-22-10-6-7-11-24(22)28-26(21)25;1-19(2,3)13-16-12-17(15-10-8-7-9-11-15)20-14-18(16)21(4,5)6;1-16(2,3)12-13-9-10-17-15(11-13)14-7-5-4-6-8-14;/h3-17H,1-2H3;7-12,14H,13H2,1-6H3;4-11H,12H2,1-3H3;. The van der Waals surface area contributed by atoms with Gasteiger partial charge in [0.15, 0.2) is 0 Å². The van der Waals surface area contributed by atoms with Gasteiger partial charge in [0, 0.05) is 66.2 Å². The molecule has 0 saturated heterocycles. The van der Waals surface area contributed by atoms with Gasteiger partial charge in [-0.15, -0.1) is 0 Å². The van der Waals surface area contributed by atoms with Crippen LogP contribution in [0.1, 0.15) is 78.0 Å². The van der Waals surface area contributed by atoms with Crippen molar-refractivity contribution in [2.24, 2.45) is 10.8 Å². The summed E-state index contributed by atoms with van der Waals surface area (Å²) in [5.41, 5.74) is 15.4. The Hall–Kier alpha value is -5.78. The molecule has 5 aromatic carbocycles. The number of hydrogen-bond donors (Lipinski definition) is 0. The molecule has 0 spiro atoms. The van der Waals surface area contributed by atoms with Crippen molar-refractivity contribution in [3.63, 3.8) is 0 Å². The topological polar surface area (TPSA) is 51.8 Å². The maximum Gasteiger partial charge on any atom is 0.145 e. The van der Waals surface area contributed by atoms with E-state index in [2.05, 4.69) is 213 Å². The number of rotatable bonds is 8. The van der Waals surface area contributed by atoms with Crippen molar-refractivity contribution in [3.05, 3.63) is 193 Å². The van der Waals surface area contributed by atoms with E-state index < -0.39 is 8.07 Å². The molecule has 0 saturated carbocycles. The van der Waals surface area contributed by atoms with E-state index >= 15 is 0 Å². The minimum atomic E-state index is -1.36. The molecule has 0 bridgehead atoms. The molecule has 4 aromatic heterocycles. The van der Waals surface area contributed by atoms with Crippen molar-refractivity contribution in [2.45, 2.75) is 93.8 Å². The van der Waals surface area contributed by atoms with Crippen LogP contribution in [0.2, 0.25) is 19.6 Å². The molecule has 0 aliphatic heterocycles. The van der Waals surface area contributed by atoms with Crippen molar-refractivity contribution >= 4 is 35.2 Å². The van der Waals surface area contributed by atoms with Crippen LogP contribution >= 0.6 is 0 Å². The van der Waals surface area contributed by atoms with Crippen molar-refractivity contribution in [1.82, 2.24) is 15.0 Å². The second kappa shape index (κ2) is 21.9. The molecule has 9 rings (SSSR count). The molecule has 0 aliphatic carbocycles. The van der Waals surface area contributed by atoms with E-state index in [1.165, 1.54) is 44.1 Å². The summed E-state index contributed by atoms with van der Waals surface area (Å²) in [5, 5.41) is 3.78. The number of furan rings is 1. The van der Waals surface area contributed by atoms with Crippen LogP contribution in [0, 0.1) is 10.8 Å². The molecular formula is C61H67IrN3OSi. The fourth-order valence-corrected chi connectivity index (χ4v) is 10.0. The van der Waals surface area contributed by atoms with Gasteiger partial charge >= 0.3 is 0 Å². The van der Waals surface area contributed by atoms with E-state index in [4.69, 9.17) is 9.40 Å². The zero-order valence-corrected chi connectivity index (χ0v) is 44.7. The van der Waals surface area contributed by atoms with Gasteiger partial charge in [0.1, 0.15) is 11.2 Å². The molecule has 6 heteroatoms. The molecule has 0 fully saturated rings. The van der Waals surface area contributed by atoms with E-state index in [-0.39, 0.29) is 20.1 Å². The van der Waals surface area contributed by atoms with Gasteiger partial charge < -0.3 is 4.42 Å². The molecule has 4 nitrogen and oxygen atoms in total. The molecule has 4 heterocycles. The van der Waals surface area contributed by atoms with E-state index in [9.17, 15) is 0 Å². The fraction of sp³-hybridized carbons (Fsp3) is 0.262. The number of fused-ring (bicyclic) bond motifs is 3. The Labute approximate surface area is 414 Å².